The molecule has 1 aliphatic heterocycles. The Kier molecular flexibility index (Phi) is 4.48. The van der Waals surface area contributed by atoms with Crippen molar-refractivity contribution in [1.29, 1.82) is 0 Å². The van der Waals surface area contributed by atoms with Gasteiger partial charge in [-0.3, -0.25) is 4.79 Å². The molecular weight excluding hydrogens is 382 g/mol. The average Bonchev–Trinajstić information content (AvgIpc) is 3.22. The number of anilines is 1. The molecule has 2 aromatic carbocycles. The van der Waals surface area contributed by atoms with Crippen LogP contribution in [0.2, 0.25) is 0 Å². The molecule has 0 saturated heterocycles. The smallest absolute Gasteiger partial charge is 0.255 e. The van der Waals surface area contributed by atoms with Gasteiger partial charge in [-0.25, -0.2) is 4.98 Å². The molecule has 0 radical (unpaired) electrons. The van der Waals surface area contributed by atoms with E-state index in [0.717, 1.165) is 28.4 Å². The monoisotopic (exact) mass is 401 g/mol. The van der Waals surface area contributed by atoms with Gasteiger partial charge in [-0.15, -0.1) is 0 Å². The summed E-state index contributed by atoms with van der Waals surface area (Å²) in [6, 6.07) is 16.5. The minimum absolute atomic E-state index is 0.191. The van der Waals surface area contributed by atoms with E-state index in [1.807, 2.05) is 47.1 Å². The molecule has 0 atom stereocenters. The first-order valence-corrected chi connectivity index (χ1v) is 9.54. The Labute approximate surface area is 172 Å². The second-order valence-electron chi connectivity index (χ2n) is 6.85. The average molecular weight is 401 g/mol. The normalized spacial score (nSPS) is 12.6. The van der Waals surface area contributed by atoms with E-state index < -0.39 is 0 Å². The molecule has 5 rings (SSSR count). The first-order valence-electron chi connectivity index (χ1n) is 9.54. The van der Waals surface area contributed by atoms with Crippen molar-refractivity contribution in [3.8, 4) is 28.5 Å². The van der Waals surface area contributed by atoms with Gasteiger partial charge in [0.15, 0.2) is 11.5 Å². The predicted molar refractivity (Wildman–Crippen MR) is 113 cm³/mol. The van der Waals surface area contributed by atoms with E-state index in [9.17, 15) is 4.79 Å². The standard InChI is InChI=1S/C23H19N3O4/c1-28-18-6-2-15(3-7-18)23(27)24-17-5-9-22-25-19(14-26(22)13-17)16-4-8-20-21(12-16)30-11-10-29-20/h2-9,12-14H,10-11H2,1H3,(H,24,27). The Hall–Kier alpha value is -4.00. The number of amides is 1. The molecule has 1 N–H and O–H groups in total. The molecule has 0 spiro atoms. The zero-order valence-corrected chi connectivity index (χ0v) is 16.3. The highest BCUT2D eigenvalue weighted by Crippen LogP contribution is 2.34. The number of nitrogens with zero attached hydrogens (tertiary/aromatic N) is 2. The molecule has 0 aliphatic carbocycles. The second-order valence-corrected chi connectivity index (χ2v) is 6.85. The fraction of sp³-hybridized carbons (Fsp3) is 0.130. The van der Waals surface area contributed by atoms with Gasteiger partial charge in [0.1, 0.15) is 24.6 Å². The minimum Gasteiger partial charge on any atom is -0.497 e. The van der Waals surface area contributed by atoms with Crippen LogP contribution in [0.1, 0.15) is 10.4 Å². The Morgan fingerprint density at radius 1 is 1.00 bits per heavy atom. The van der Waals surface area contributed by atoms with Crippen LogP contribution in [0, 0.1) is 0 Å². The first-order chi connectivity index (χ1) is 14.7. The molecule has 0 unspecified atom stereocenters. The fourth-order valence-electron chi connectivity index (χ4n) is 3.35. The van der Waals surface area contributed by atoms with Gasteiger partial charge in [0.25, 0.3) is 5.91 Å². The fourth-order valence-corrected chi connectivity index (χ4v) is 3.35. The summed E-state index contributed by atoms with van der Waals surface area (Å²) in [5.74, 6) is 1.99. The second kappa shape index (κ2) is 7.44. The zero-order valence-electron chi connectivity index (χ0n) is 16.3. The Balaban J connectivity index is 1.39. The minimum atomic E-state index is -0.191. The van der Waals surface area contributed by atoms with Crippen LogP contribution in [0.4, 0.5) is 5.69 Å². The summed E-state index contributed by atoms with van der Waals surface area (Å²) < 4.78 is 18.3. The highest BCUT2D eigenvalue weighted by Gasteiger charge is 2.14. The maximum Gasteiger partial charge on any atom is 0.255 e. The number of imidazole rings is 1. The molecule has 1 aliphatic rings. The number of ether oxygens (including phenoxy) is 3. The molecule has 0 bridgehead atoms. The third-order valence-corrected chi connectivity index (χ3v) is 4.90. The van der Waals surface area contributed by atoms with Crippen LogP contribution in [0.5, 0.6) is 17.2 Å². The van der Waals surface area contributed by atoms with E-state index in [-0.39, 0.29) is 5.91 Å². The van der Waals surface area contributed by atoms with Gasteiger partial charge in [0.05, 0.1) is 18.5 Å². The maximum atomic E-state index is 12.5. The van der Waals surface area contributed by atoms with Gasteiger partial charge >= 0.3 is 0 Å². The summed E-state index contributed by atoms with van der Waals surface area (Å²) in [7, 11) is 1.59. The molecule has 4 aromatic rings. The Morgan fingerprint density at radius 3 is 2.60 bits per heavy atom. The lowest BCUT2D eigenvalue weighted by Gasteiger charge is -2.18. The number of nitrogens with one attached hydrogen (secondary N) is 1. The van der Waals surface area contributed by atoms with Gasteiger partial charge < -0.3 is 23.9 Å². The van der Waals surface area contributed by atoms with Crippen molar-refractivity contribution >= 4 is 17.2 Å². The molecule has 0 saturated carbocycles. The van der Waals surface area contributed by atoms with Crippen molar-refractivity contribution in [3.05, 3.63) is 72.6 Å². The number of fused-ring (bicyclic) bond motifs is 2. The zero-order chi connectivity index (χ0) is 20.5. The number of methoxy groups -OCH3 is 1. The lowest BCUT2D eigenvalue weighted by molar-refractivity contribution is 0.102. The lowest BCUT2D eigenvalue weighted by atomic mass is 10.1. The van der Waals surface area contributed by atoms with Crippen LogP contribution in [-0.4, -0.2) is 35.6 Å². The summed E-state index contributed by atoms with van der Waals surface area (Å²) >= 11 is 0. The Morgan fingerprint density at radius 2 is 1.80 bits per heavy atom. The van der Waals surface area contributed by atoms with Crippen molar-refractivity contribution in [2.24, 2.45) is 0 Å². The largest absolute Gasteiger partial charge is 0.497 e. The summed E-state index contributed by atoms with van der Waals surface area (Å²) in [6.45, 7) is 1.10. The van der Waals surface area contributed by atoms with Gasteiger partial charge in [0.2, 0.25) is 0 Å². The van der Waals surface area contributed by atoms with Crippen molar-refractivity contribution in [2.75, 3.05) is 25.6 Å². The number of hydrogen-bond donors (Lipinski definition) is 1. The molecule has 150 valence electrons. The van der Waals surface area contributed by atoms with Crippen LogP contribution in [0.3, 0.4) is 0 Å². The number of carbonyl (C=O) groups excluding carboxylic acids is 1. The lowest BCUT2D eigenvalue weighted by Crippen LogP contribution is -2.15. The van der Waals surface area contributed by atoms with E-state index in [2.05, 4.69) is 10.3 Å². The molecule has 1 amide bonds. The highest BCUT2D eigenvalue weighted by atomic mass is 16.6. The summed E-state index contributed by atoms with van der Waals surface area (Å²) in [4.78, 5) is 17.2. The number of rotatable bonds is 4. The maximum absolute atomic E-state index is 12.5. The van der Waals surface area contributed by atoms with Gasteiger partial charge in [-0.1, -0.05) is 0 Å². The van der Waals surface area contributed by atoms with Crippen LogP contribution in [-0.2, 0) is 0 Å². The molecule has 3 heterocycles. The molecule has 0 fully saturated rings. The number of hydrogen-bond acceptors (Lipinski definition) is 5. The third-order valence-electron chi connectivity index (χ3n) is 4.90. The third kappa shape index (κ3) is 3.41. The van der Waals surface area contributed by atoms with Crippen molar-refractivity contribution < 1.29 is 19.0 Å². The van der Waals surface area contributed by atoms with Crippen LogP contribution in [0.25, 0.3) is 16.9 Å². The van der Waals surface area contributed by atoms with Crippen molar-refractivity contribution in [3.63, 3.8) is 0 Å². The van der Waals surface area contributed by atoms with Crippen LogP contribution in [0.15, 0.2) is 67.0 Å². The number of pyridine rings is 1. The Bertz CT molecular complexity index is 1230. The van der Waals surface area contributed by atoms with Gasteiger partial charge in [-0.05, 0) is 54.6 Å². The van der Waals surface area contributed by atoms with Crippen LogP contribution < -0.4 is 19.5 Å². The molecular formula is C23H19N3O4. The summed E-state index contributed by atoms with van der Waals surface area (Å²) in [5, 5.41) is 2.91. The van der Waals surface area contributed by atoms with E-state index in [1.165, 1.54) is 0 Å². The quantitative estimate of drug-likeness (QED) is 0.559. The highest BCUT2D eigenvalue weighted by molar-refractivity contribution is 6.04. The molecule has 2 aromatic heterocycles. The predicted octanol–water partition coefficient (Wildman–Crippen LogP) is 4.03. The first kappa shape index (κ1) is 18.1. The molecule has 30 heavy (non-hydrogen) atoms. The van der Waals surface area contributed by atoms with Crippen LogP contribution >= 0.6 is 0 Å². The van der Waals surface area contributed by atoms with Gasteiger partial charge in [0, 0.05) is 23.5 Å². The van der Waals surface area contributed by atoms with E-state index in [0.29, 0.717) is 30.2 Å². The molecule has 7 nitrogen and oxygen atoms in total. The SMILES string of the molecule is COc1ccc(C(=O)Nc2ccc3nc(-c4ccc5c(c4)OCCO5)cn3c2)cc1. The van der Waals surface area contributed by atoms with E-state index in [1.54, 1.807) is 31.4 Å². The molecule has 7 heteroatoms. The summed E-state index contributed by atoms with van der Waals surface area (Å²) in [5.41, 5.74) is 3.76. The van der Waals surface area contributed by atoms with Crippen molar-refractivity contribution in [2.45, 2.75) is 0 Å². The number of benzene rings is 2. The van der Waals surface area contributed by atoms with Crippen molar-refractivity contribution in [1.82, 2.24) is 9.38 Å². The summed E-state index contributed by atoms with van der Waals surface area (Å²) in [6.07, 6.45) is 3.76. The van der Waals surface area contributed by atoms with E-state index >= 15 is 0 Å². The van der Waals surface area contributed by atoms with Gasteiger partial charge in [-0.2, -0.15) is 0 Å². The topological polar surface area (TPSA) is 74.1 Å². The van der Waals surface area contributed by atoms with E-state index in [4.69, 9.17) is 14.2 Å². The number of carbonyl (C=O) groups is 1. The number of aromatic nitrogens is 2.